The second-order valence-electron chi connectivity index (χ2n) is 6.20. The summed E-state index contributed by atoms with van der Waals surface area (Å²) in [5, 5.41) is 11.6. The Morgan fingerprint density at radius 1 is 0.846 bits per heavy atom. The maximum absolute atomic E-state index is 12.9. The lowest BCUT2D eigenvalue weighted by Crippen LogP contribution is -2.46. The fourth-order valence-corrected chi connectivity index (χ4v) is 3.43. The van der Waals surface area contributed by atoms with Crippen molar-refractivity contribution in [2.24, 2.45) is 0 Å². The van der Waals surface area contributed by atoms with Crippen LogP contribution in [-0.2, 0) is 5.72 Å². The summed E-state index contributed by atoms with van der Waals surface area (Å²) in [7, 11) is 0. The molecule has 0 saturated heterocycles. The van der Waals surface area contributed by atoms with Gasteiger partial charge in [0.2, 0.25) is 0 Å². The molecule has 4 heteroatoms. The van der Waals surface area contributed by atoms with Crippen molar-refractivity contribution >= 4 is 5.91 Å². The quantitative estimate of drug-likeness (QED) is 0.771. The predicted molar refractivity (Wildman–Crippen MR) is 98.9 cm³/mol. The normalized spacial score (nSPS) is 18.7. The SMILES string of the molecule is O=C1c2ccccc2[C@](O)(c2ccccc2)N1CCOc1ccccc1. The van der Waals surface area contributed by atoms with E-state index in [1.807, 2.05) is 72.8 Å². The van der Waals surface area contributed by atoms with E-state index in [1.165, 1.54) is 4.90 Å². The third kappa shape index (κ3) is 2.65. The minimum Gasteiger partial charge on any atom is -0.492 e. The molecule has 0 bridgehead atoms. The highest BCUT2D eigenvalue weighted by molar-refractivity contribution is 6.00. The molecule has 3 aromatic carbocycles. The number of carbonyl (C=O) groups excluding carboxylic acids is 1. The molecule has 1 N–H and O–H groups in total. The number of hydrogen-bond acceptors (Lipinski definition) is 3. The van der Waals surface area contributed by atoms with Gasteiger partial charge in [0.15, 0.2) is 5.72 Å². The minimum absolute atomic E-state index is 0.191. The molecule has 26 heavy (non-hydrogen) atoms. The summed E-state index contributed by atoms with van der Waals surface area (Å²) in [5.41, 5.74) is 0.308. The summed E-state index contributed by atoms with van der Waals surface area (Å²) in [6.45, 7) is 0.562. The zero-order chi connectivity index (χ0) is 18.0. The third-order valence-electron chi connectivity index (χ3n) is 4.67. The molecule has 1 amide bonds. The number of ether oxygens (including phenoxy) is 1. The van der Waals surface area contributed by atoms with Crippen LogP contribution in [0.25, 0.3) is 0 Å². The molecule has 4 nitrogen and oxygen atoms in total. The number of rotatable bonds is 5. The Morgan fingerprint density at radius 3 is 2.19 bits per heavy atom. The lowest BCUT2D eigenvalue weighted by molar-refractivity contribution is -0.0538. The van der Waals surface area contributed by atoms with Crippen LogP contribution in [0.1, 0.15) is 21.5 Å². The summed E-state index contributed by atoms with van der Waals surface area (Å²) >= 11 is 0. The van der Waals surface area contributed by atoms with E-state index in [9.17, 15) is 9.90 Å². The van der Waals surface area contributed by atoms with Gasteiger partial charge in [-0.2, -0.15) is 0 Å². The standard InChI is InChI=1S/C22H19NO3/c24-21-19-13-7-8-14-20(19)22(25,17-9-3-1-4-10-17)23(21)15-16-26-18-11-5-2-6-12-18/h1-14,25H,15-16H2/t22-/m1/s1. The molecule has 0 aliphatic carbocycles. The Balaban J connectivity index is 1.65. The second kappa shape index (κ2) is 6.65. The molecule has 0 aromatic heterocycles. The molecular formula is C22H19NO3. The van der Waals surface area contributed by atoms with Gasteiger partial charge < -0.3 is 9.84 Å². The van der Waals surface area contributed by atoms with Gasteiger partial charge in [-0.05, 0) is 18.2 Å². The first kappa shape index (κ1) is 16.4. The fourth-order valence-electron chi connectivity index (χ4n) is 3.43. The molecule has 0 saturated carbocycles. The molecule has 3 aromatic rings. The topological polar surface area (TPSA) is 49.8 Å². The first-order valence-corrected chi connectivity index (χ1v) is 8.58. The van der Waals surface area contributed by atoms with Crippen molar-refractivity contribution in [2.75, 3.05) is 13.2 Å². The van der Waals surface area contributed by atoms with Crippen molar-refractivity contribution in [3.8, 4) is 5.75 Å². The average molecular weight is 345 g/mol. The number of para-hydroxylation sites is 1. The minimum atomic E-state index is -1.49. The molecule has 0 spiro atoms. The van der Waals surface area contributed by atoms with E-state index >= 15 is 0 Å². The molecule has 1 heterocycles. The van der Waals surface area contributed by atoms with Gasteiger partial charge in [-0.3, -0.25) is 9.69 Å². The van der Waals surface area contributed by atoms with E-state index in [0.717, 1.165) is 5.75 Å². The number of amides is 1. The van der Waals surface area contributed by atoms with Gasteiger partial charge in [0.05, 0.1) is 6.54 Å². The van der Waals surface area contributed by atoms with E-state index < -0.39 is 5.72 Å². The van der Waals surface area contributed by atoms with Crippen molar-refractivity contribution in [1.82, 2.24) is 4.90 Å². The number of fused-ring (bicyclic) bond motifs is 1. The molecule has 0 unspecified atom stereocenters. The maximum Gasteiger partial charge on any atom is 0.257 e. The van der Waals surface area contributed by atoms with Gasteiger partial charge >= 0.3 is 0 Å². The summed E-state index contributed by atoms with van der Waals surface area (Å²) in [5.74, 6) is 0.545. The van der Waals surface area contributed by atoms with E-state index in [1.54, 1.807) is 12.1 Å². The molecule has 4 rings (SSSR count). The van der Waals surface area contributed by atoms with Crippen LogP contribution in [0, 0.1) is 0 Å². The number of hydrogen-bond donors (Lipinski definition) is 1. The van der Waals surface area contributed by atoms with E-state index in [4.69, 9.17) is 4.74 Å². The highest BCUT2D eigenvalue weighted by Crippen LogP contribution is 2.41. The number of nitrogens with zero attached hydrogens (tertiary/aromatic N) is 1. The first-order valence-electron chi connectivity index (χ1n) is 8.58. The highest BCUT2D eigenvalue weighted by Gasteiger charge is 2.49. The lowest BCUT2D eigenvalue weighted by Gasteiger charge is -2.34. The van der Waals surface area contributed by atoms with Gasteiger partial charge in [-0.1, -0.05) is 66.7 Å². The summed E-state index contributed by atoms with van der Waals surface area (Å²) in [6.07, 6.45) is 0. The Kier molecular flexibility index (Phi) is 4.19. The Bertz CT molecular complexity index is 911. The van der Waals surface area contributed by atoms with Gasteiger partial charge in [0.25, 0.3) is 5.91 Å². The largest absolute Gasteiger partial charge is 0.492 e. The van der Waals surface area contributed by atoms with Crippen LogP contribution in [0.5, 0.6) is 5.75 Å². The van der Waals surface area contributed by atoms with Crippen molar-refractivity contribution in [1.29, 1.82) is 0 Å². The highest BCUT2D eigenvalue weighted by atomic mass is 16.5. The molecular weight excluding hydrogens is 326 g/mol. The van der Waals surface area contributed by atoms with Gasteiger partial charge in [-0.15, -0.1) is 0 Å². The summed E-state index contributed by atoms with van der Waals surface area (Å²) in [6, 6.07) is 25.9. The Labute approximate surface area is 152 Å². The first-order chi connectivity index (χ1) is 12.7. The van der Waals surface area contributed by atoms with Crippen LogP contribution in [0.15, 0.2) is 84.9 Å². The Morgan fingerprint density at radius 2 is 1.46 bits per heavy atom. The van der Waals surface area contributed by atoms with Gasteiger partial charge in [0, 0.05) is 16.7 Å². The molecule has 0 radical (unpaired) electrons. The second-order valence-corrected chi connectivity index (χ2v) is 6.20. The van der Waals surface area contributed by atoms with E-state index in [0.29, 0.717) is 23.3 Å². The lowest BCUT2D eigenvalue weighted by atomic mass is 9.94. The van der Waals surface area contributed by atoms with Crippen LogP contribution in [0.3, 0.4) is 0 Å². The fraction of sp³-hybridized carbons (Fsp3) is 0.136. The number of aliphatic hydroxyl groups is 1. The van der Waals surface area contributed by atoms with Crippen LogP contribution in [-0.4, -0.2) is 29.1 Å². The zero-order valence-corrected chi connectivity index (χ0v) is 14.2. The van der Waals surface area contributed by atoms with Crippen LogP contribution >= 0.6 is 0 Å². The van der Waals surface area contributed by atoms with Crippen molar-refractivity contribution < 1.29 is 14.6 Å². The number of benzene rings is 3. The van der Waals surface area contributed by atoms with Crippen LogP contribution < -0.4 is 4.74 Å². The summed E-state index contributed by atoms with van der Waals surface area (Å²) in [4.78, 5) is 14.4. The third-order valence-corrected chi connectivity index (χ3v) is 4.67. The van der Waals surface area contributed by atoms with Crippen molar-refractivity contribution in [2.45, 2.75) is 5.72 Å². The maximum atomic E-state index is 12.9. The van der Waals surface area contributed by atoms with Crippen LogP contribution in [0.2, 0.25) is 0 Å². The molecule has 1 aliphatic rings. The Hall–Kier alpha value is -3.11. The molecule has 1 atom stereocenters. The zero-order valence-electron chi connectivity index (χ0n) is 14.2. The van der Waals surface area contributed by atoms with Crippen LogP contribution in [0.4, 0.5) is 0 Å². The molecule has 0 fully saturated rings. The van der Waals surface area contributed by atoms with E-state index in [2.05, 4.69) is 0 Å². The van der Waals surface area contributed by atoms with Gasteiger partial charge in [0.1, 0.15) is 12.4 Å². The molecule has 1 aliphatic heterocycles. The van der Waals surface area contributed by atoms with Crippen molar-refractivity contribution in [3.63, 3.8) is 0 Å². The molecule has 130 valence electrons. The summed E-state index contributed by atoms with van der Waals surface area (Å²) < 4.78 is 5.74. The van der Waals surface area contributed by atoms with Crippen molar-refractivity contribution in [3.05, 3.63) is 102 Å². The smallest absolute Gasteiger partial charge is 0.257 e. The average Bonchev–Trinajstić information content (AvgIpc) is 2.93. The number of carbonyl (C=O) groups is 1. The predicted octanol–water partition coefficient (Wildman–Crippen LogP) is 3.41. The van der Waals surface area contributed by atoms with Gasteiger partial charge in [-0.25, -0.2) is 0 Å². The monoisotopic (exact) mass is 345 g/mol. The van der Waals surface area contributed by atoms with E-state index in [-0.39, 0.29) is 12.5 Å².